The molecule has 0 unspecified atom stereocenters. The molecule has 0 saturated heterocycles. The van der Waals surface area contributed by atoms with Gasteiger partial charge in [-0.2, -0.15) is 5.10 Å². The van der Waals surface area contributed by atoms with Crippen molar-refractivity contribution < 1.29 is 0 Å². The summed E-state index contributed by atoms with van der Waals surface area (Å²) >= 11 is 0. The van der Waals surface area contributed by atoms with Crippen LogP contribution in [0, 0.1) is 0 Å². The van der Waals surface area contributed by atoms with Gasteiger partial charge in [0.15, 0.2) is 0 Å². The van der Waals surface area contributed by atoms with E-state index in [1.807, 2.05) is 19.2 Å². The maximum Gasteiger partial charge on any atom is 0.251 e. The van der Waals surface area contributed by atoms with Crippen LogP contribution in [0.1, 0.15) is 43.9 Å². The third-order valence-corrected chi connectivity index (χ3v) is 3.17. The van der Waals surface area contributed by atoms with Crippen LogP contribution >= 0.6 is 0 Å². The van der Waals surface area contributed by atoms with Gasteiger partial charge in [0.2, 0.25) is 0 Å². The Morgan fingerprint density at radius 2 is 2.25 bits per heavy atom. The third-order valence-electron chi connectivity index (χ3n) is 3.17. The van der Waals surface area contributed by atoms with Crippen LogP contribution in [-0.2, 0) is 13.5 Å². The maximum atomic E-state index is 11.7. The molecule has 20 heavy (non-hydrogen) atoms. The quantitative estimate of drug-likeness (QED) is 0.909. The van der Waals surface area contributed by atoms with E-state index in [0.717, 1.165) is 36.2 Å². The highest BCUT2D eigenvalue weighted by molar-refractivity contribution is 5.77. The summed E-state index contributed by atoms with van der Waals surface area (Å²) in [5.74, 6) is 0.657. The van der Waals surface area contributed by atoms with Crippen molar-refractivity contribution in [3.8, 4) is 0 Å². The lowest BCUT2D eigenvalue weighted by Crippen LogP contribution is -2.12. The molecule has 0 radical (unpaired) electrons. The summed E-state index contributed by atoms with van der Waals surface area (Å²) in [6, 6.07) is 3.51. The fourth-order valence-electron chi connectivity index (χ4n) is 2.09. The Kier molecular flexibility index (Phi) is 4.50. The Hall–Kier alpha value is -2.17. The van der Waals surface area contributed by atoms with Crippen molar-refractivity contribution in [3.05, 3.63) is 45.9 Å². The first-order valence-corrected chi connectivity index (χ1v) is 6.93. The molecule has 2 aromatic heterocycles. The largest absolute Gasteiger partial charge is 0.307 e. The summed E-state index contributed by atoms with van der Waals surface area (Å²) in [5, 5.41) is 4.14. The average molecular weight is 272 g/mol. The fourth-order valence-corrected chi connectivity index (χ4v) is 2.09. The first-order chi connectivity index (χ1) is 9.63. The van der Waals surface area contributed by atoms with Crippen LogP contribution in [0.2, 0.25) is 0 Å². The number of aromatic amines is 1. The molecule has 0 spiro atoms. The lowest BCUT2D eigenvalue weighted by atomic mass is 10.1. The minimum absolute atomic E-state index is 0.0946. The molecule has 0 aromatic carbocycles. The molecule has 106 valence electrons. The second-order valence-electron chi connectivity index (χ2n) is 4.74. The van der Waals surface area contributed by atoms with Crippen LogP contribution in [-0.4, -0.2) is 19.7 Å². The molecule has 0 atom stereocenters. The number of nitrogens with one attached hydrogen (secondary N) is 1. The molecule has 2 aromatic rings. The van der Waals surface area contributed by atoms with E-state index in [1.54, 1.807) is 16.9 Å². The summed E-state index contributed by atoms with van der Waals surface area (Å²) in [7, 11) is 1.89. The van der Waals surface area contributed by atoms with Gasteiger partial charge in [-0.15, -0.1) is 0 Å². The minimum Gasteiger partial charge on any atom is -0.307 e. The van der Waals surface area contributed by atoms with Crippen LogP contribution in [0.3, 0.4) is 0 Å². The van der Waals surface area contributed by atoms with Crippen molar-refractivity contribution in [1.29, 1.82) is 0 Å². The third kappa shape index (κ3) is 3.23. The molecular weight excluding hydrogens is 252 g/mol. The fraction of sp³-hybridized carbons (Fsp3) is 0.400. The monoisotopic (exact) mass is 272 g/mol. The number of rotatable bonds is 5. The predicted molar refractivity (Wildman–Crippen MR) is 80.2 cm³/mol. The number of hydrogen-bond acceptors (Lipinski definition) is 3. The number of aromatic nitrogens is 4. The predicted octanol–water partition coefficient (Wildman–Crippen LogP) is 2.41. The molecule has 0 fully saturated rings. The second-order valence-corrected chi connectivity index (χ2v) is 4.74. The normalized spacial score (nSPS) is 11.8. The first kappa shape index (κ1) is 14.2. The SMILES string of the molecule is CCCc1cc(=O)[nH]c(C(=Cc2ccnn2C)CC)n1. The number of nitrogens with zero attached hydrogens (tertiary/aromatic N) is 3. The molecule has 2 rings (SSSR count). The van der Waals surface area contributed by atoms with E-state index in [-0.39, 0.29) is 5.56 Å². The zero-order valence-electron chi connectivity index (χ0n) is 12.2. The topological polar surface area (TPSA) is 63.6 Å². The molecule has 0 aliphatic carbocycles. The number of H-pyrrole nitrogens is 1. The van der Waals surface area contributed by atoms with E-state index in [4.69, 9.17) is 0 Å². The summed E-state index contributed by atoms with van der Waals surface area (Å²) in [4.78, 5) is 19.1. The molecule has 0 aliphatic heterocycles. The lowest BCUT2D eigenvalue weighted by molar-refractivity contribution is 0.759. The second kappa shape index (κ2) is 6.32. The van der Waals surface area contributed by atoms with Gasteiger partial charge in [-0.25, -0.2) is 4.98 Å². The molecule has 0 saturated carbocycles. The average Bonchev–Trinajstić information content (AvgIpc) is 2.81. The van der Waals surface area contributed by atoms with Gasteiger partial charge in [0.1, 0.15) is 5.82 Å². The zero-order valence-corrected chi connectivity index (χ0v) is 12.2. The number of aryl methyl sites for hydroxylation is 2. The molecule has 5 nitrogen and oxygen atoms in total. The van der Waals surface area contributed by atoms with E-state index < -0.39 is 0 Å². The summed E-state index contributed by atoms with van der Waals surface area (Å²) in [6.45, 7) is 4.13. The van der Waals surface area contributed by atoms with Gasteiger partial charge in [0, 0.05) is 25.0 Å². The van der Waals surface area contributed by atoms with E-state index in [0.29, 0.717) is 5.82 Å². The molecule has 5 heteroatoms. The van der Waals surface area contributed by atoms with E-state index in [9.17, 15) is 4.79 Å². The Morgan fingerprint density at radius 1 is 1.45 bits per heavy atom. The van der Waals surface area contributed by atoms with E-state index in [1.165, 1.54) is 0 Å². The highest BCUT2D eigenvalue weighted by Gasteiger charge is 2.07. The maximum absolute atomic E-state index is 11.7. The van der Waals surface area contributed by atoms with Gasteiger partial charge in [-0.1, -0.05) is 20.3 Å². The van der Waals surface area contributed by atoms with Gasteiger partial charge < -0.3 is 4.98 Å². The molecule has 0 aliphatic rings. The Balaban J connectivity index is 2.44. The van der Waals surface area contributed by atoms with Crippen molar-refractivity contribution in [2.24, 2.45) is 7.05 Å². The van der Waals surface area contributed by atoms with Crippen molar-refractivity contribution in [2.45, 2.75) is 33.1 Å². The highest BCUT2D eigenvalue weighted by atomic mass is 16.1. The van der Waals surface area contributed by atoms with Crippen LogP contribution in [0.15, 0.2) is 23.1 Å². The van der Waals surface area contributed by atoms with Crippen LogP contribution in [0.25, 0.3) is 11.6 Å². The minimum atomic E-state index is -0.0946. The smallest absolute Gasteiger partial charge is 0.251 e. The van der Waals surface area contributed by atoms with Gasteiger partial charge in [0.05, 0.1) is 5.69 Å². The zero-order chi connectivity index (χ0) is 14.5. The van der Waals surface area contributed by atoms with E-state index in [2.05, 4.69) is 28.9 Å². The van der Waals surface area contributed by atoms with Crippen LogP contribution < -0.4 is 5.56 Å². The van der Waals surface area contributed by atoms with Crippen molar-refractivity contribution >= 4 is 11.6 Å². The standard InChI is InChI=1S/C15H20N4O/c1-4-6-12-10-14(20)18-15(17-12)11(5-2)9-13-7-8-16-19(13)3/h7-10H,4-6H2,1-3H3,(H,17,18,20). The van der Waals surface area contributed by atoms with Crippen molar-refractivity contribution in [3.63, 3.8) is 0 Å². The van der Waals surface area contributed by atoms with Gasteiger partial charge in [-0.3, -0.25) is 9.48 Å². The first-order valence-electron chi connectivity index (χ1n) is 6.93. The van der Waals surface area contributed by atoms with Gasteiger partial charge in [0.25, 0.3) is 5.56 Å². The van der Waals surface area contributed by atoms with E-state index >= 15 is 0 Å². The van der Waals surface area contributed by atoms with Gasteiger partial charge in [-0.05, 0) is 30.6 Å². The Morgan fingerprint density at radius 3 is 2.85 bits per heavy atom. The number of allylic oxidation sites excluding steroid dienone is 1. The Labute approximate surface area is 118 Å². The molecule has 0 bridgehead atoms. The molecule has 2 heterocycles. The van der Waals surface area contributed by atoms with Gasteiger partial charge >= 0.3 is 0 Å². The summed E-state index contributed by atoms with van der Waals surface area (Å²) < 4.78 is 1.80. The number of hydrogen-bond donors (Lipinski definition) is 1. The van der Waals surface area contributed by atoms with Crippen molar-refractivity contribution in [1.82, 2.24) is 19.7 Å². The lowest BCUT2D eigenvalue weighted by Gasteiger charge is -2.06. The molecular formula is C15H20N4O. The van der Waals surface area contributed by atoms with Crippen LogP contribution in [0.5, 0.6) is 0 Å². The molecule has 1 N–H and O–H groups in total. The van der Waals surface area contributed by atoms with Crippen molar-refractivity contribution in [2.75, 3.05) is 0 Å². The summed E-state index contributed by atoms with van der Waals surface area (Å²) in [5.41, 5.74) is 2.74. The van der Waals surface area contributed by atoms with Crippen LogP contribution in [0.4, 0.5) is 0 Å². The Bertz CT molecular complexity index is 667. The highest BCUT2D eigenvalue weighted by Crippen LogP contribution is 2.17. The molecule has 0 amide bonds. The summed E-state index contributed by atoms with van der Waals surface area (Å²) in [6.07, 6.45) is 6.36.